The Morgan fingerprint density at radius 1 is 1.24 bits per heavy atom. The molecule has 0 saturated heterocycles. The van der Waals surface area contributed by atoms with Gasteiger partial charge >= 0.3 is 11.9 Å². The van der Waals surface area contributed by atoms with E-state index in [4.69, 9.17) is 9.47 Å². The molecule has 0 aromatic carbocycles. The summed E-state index contributed by atoms with van der Waals surface area (Å²) in [5.74, 6) is -1.97. The molecule has 2 heterocycles. The summed E-state index contributed by atoms with van der Waals surface area (Å²) in [5.41, 5.74) is 2.13. The lowest BCUT2D eigenvalue weighted by atomic mass is 9.81. The minimum atomic E-state index is -1.08. The van der Waals surface area contributed by atoms with E-state index in [0.29, 0.717) is 28.4 Å². The fraction of sp³-hybridized carbons (Fsp3) is 0.500. The molecule has 1 aromatic rings. The first-order valence-corrected chi connectivity index (χ1v) is 9.95. The van der Waals surface area contributed by atoms with E-state index < -0.39 is 17.9 Å². The largest absolute Gasteiger partial charge is 0.478 e. The van der Waals surface area contributed by atoms with E-state index in [0.717, 1.165) is 12.8 Å². The van der Waals surface area contributed by atoms with Crippen LogP contribution in [-0.2, 0) is 19.1 Å². The number of dihydropyridines is 1. The van der Waals surface area contributed by atoms with Crippen LogP contribution in [0.5, 0.6) is 0 Å². The van der Waals surface area contributed by atoms with Crippen molar-refractivity contribution in [3.63, 3.8) is 0 Å². The molecule has 1 aromatic heterocycles. The summed E-state index contributed by atoms with van der Waals surface area (Å²) < 4.78 is 11.2. The lowest BCUT2D eigenvalue weighted by molar-refractivity contribution is -0.144. The zero-order chi connectivity index (χ0) is 21.0. The molecule has 0 amide bonds. The Labute approximate surface area is 170 Å². The number of methoxy groups -OCH3 is 1. The molecule has 1 aliphatic carbocycles. The highest BCUT2D eigenvalue weighted by atomic mass is 16.6. The molecule has 0 spiro atoms. The molecule has 3 rings (SSSR count). The van der Waals surface area contributed by atoms with Crippen LogP contribution in [0.25, 0.3) is 0 Å². The van der Waals surface area contributed by atoms with E-state index in [1.165, 1.54) is 12.8 Å². The van der Waals surface area contributed by atoms with Crippen LogP contribution in [0.2, 0.25) is 0 Å². The van der Waals surface area contributed by atoms with Crippen molar-refractivity contribution < 1.29 is 24.2 Å². The summed E-state index contributed by atoms with van der Waals surface area (Å²) in [6.07, 6.45) is 7.53. The number of allylic oxidation sites excluding steroid dienone is 2. The number of hydrogen-bond acceptors (Lipinski definition) is 6. The van der Waals surface area contributed by atoms with E-state index in [1.807, 2.05) is 0 Å². The Kier molecular flexibility index (Phi) is 6.69. The van der Waals surface area contributed by atoms with Crippen molar-refractivity contribution in [3.05, 3.63) is 52.6 Å². The highest BCUT2D eigenvalue weighted by molar-refractivity contribution is 5.99. The number of carbonyl (C=O) groups excluding carboxylic acids is 1. The lowest BCUT2D eigenvalue weighted by Crippen LogP contribution is -2.34. The first-order chi connectivity index (χ1) is 13.9. The molecular weight excluding hydrogens is 372 g/mol. The SMILES string of the molecule is COC(COC(=O)C1=C(C)NC(C)=C(C(=O)O)C1c1cccnc1)C1CCCC1. The zero-order valence-electron chi connectivity index (χ0n) is 17.1. The van der Waals surface area contributed by atoms with Crippen molar-refractivity contribution in [1.29, 1.82) is 0 Å². The van der Waals surface area contributed by atoms with Gasteiger partial charge in [-0.05, 0) is 44.2 Å². The molecule has 1 saturated carbocycles. The number of nitrogens with zero attached hydrogens (tertiary/aromatic N) is 1. The first-order valence-electron chi connectivity index (χ1n) is 9.95. The number of esters is 1. The van der Waals surface area contributed by atoms with E-state index in [2.05, 4.69) is 10.3 Å². The first kappa shape index (κ1) is 21.0. The predicted molar refractivity (Wildman–Crippen MR) is 107 cm³/mol. The predicted octanol–water partition coefficient (Wildman–Crippen LogP) is 3.15. The molecule has 156 valence electrons. The molecule has 7 nitrogen and oxygen atoms in total. The van der Waals surface area contributed by atoms with Crippen molar-refractivity contribution in [3.8, 4) is 0 Å². The molecule has 2 atom stereocenters. The van der Waals surface area contributed by atoms with Crippen LogP contribution in [0, 0.1) is 5.92 Å². The molecule has 2 N–H and O–H groups in total. The zero-order valence-corrected chi connectivity index (χ0v) is 17.1. The van der Waals surface area contributed by atoms with Gasteiger partial charge in [0, 0.05) is 30.9 Å². The number of carboxylic acid groups (broad SMARTS) is 1. The van der Waals surface area contributed by atoms with Gasteiger partial charge in [-0.1, -0.05) is 18.9 Å². The Morgan fingerprint density at radius 3 is 2.52 bits per heavy atom. The number of rotatable bonds is 7. The van der Waals surface area contributed by atoms with Crippen molar-refractivity contribution in [1.82, 2.24) is 10.3 Å². The van der Waals surface area contributed by atoms with Crippen LogP contribution >= 0.6 is 0 Å². The molecule has 1 aliphatic heterocycles. The topological polar surface area (TPSA) is 97.8 Å². The molecule has 0 bridgehead atoms. The van der Waals surface area contributed by atoms with E-state index >= 15 is 0 Å². The van der Waals surface area contributed by atoms with Gasteiger partial charge < -0.3 is 19.9 Å². The number of aliphatic carboxylic acids is 1. The maximum atomic E-state index is 13.1. The van der Waals surface area contributed by atoms with Crippen molar-refractivity contribution >= 4 is 11.9 Å². The molecule has 0 radical (unpaired) electrons. The van der Waals surface area contributed by atoms with E-state index in [1.54, 1.807) is 45.5 Å². The molecule has 2 unspecified atom stereocenters. The quantitative estimate of drug-likeness (QED) is 0.679. The fourth-order valence-corrected chi connectivity index (χ4v) is 4.39. The molecule has 29 heavy (non-hydrogen) atoms. The summed E-state index contributed by atoms with van der Waals surface area (Å²) in [5, 5.41) is 12.8. The van der Waals surface area contributed by atoms with Crippen LogP contribution in [0.1, 0.15) is 51.0 Å². The number of carbonyl (C=O) groups is 2. The number of ether oxygens (including phenoxy) is 2. The molecule has 7 heteroatoms. The Morgan fingerprint density at radius 2 is 1.93 bits per heavy atom. The summed E-state index contributed by atoms with van der Waals surface area (Å²) in [7, 11) is 1.64. The number of carboxylic acids is 1. The maximum Gasteiger partial charge on any atom is 0.336 e. The van der Waals surface area contributed by atoms with Crippen LogP contribution in [0.3, 0.4) is 0 Å². The average molecular weight is 400 g/mol. The van der Waals surface area contributed by atoms with Crippen LogP contribution in [-0.4, -0.2) is 41.8 Å². The smallest absolute Gasteiger partial charge is 0.336 e. The van der Waals surface area contributed by atoms with Gasteiger partial charge in [-0.25, -0.2) is 9.59 Å². The van der Waals surface area contributed by atoms with Gasteiger partial charge in [0.25, 0.3) is 0 Å². The average Bonchev–Trinajstić information content (AvgIpc) is 3.22. The highest BCUT2D eigenvalue weighted by Gasteiger charge is 2.38. The van der Waals surface area contributed by atoms with Crippen molar-refractivity contribution in [2.45, 2.75) is 51.6 Å². The second kappa shape index (κ2) is 9.22. The summed E-state index contributed by atoms with van der Waals surface area (Å²) in [6, 6.07) is 3.50. The Bertz CT molecular complexity index is 825. The van der Waals surface area contributed by atoms with Crippen LogP contribution in [0.15, 0.2) is 47.1 Å². The number of pyridine rings is 1. The minimum Gasteiger partial charge on any atom is -0.478 e. The number of hydrogen-bond donors (Lipinski definition) is 2. The third-order valence-electron chi connectivity index (χ3n) is 5.84. The normalized spacial score (nSPS) is 21.1. The molecule has 2 aliphatic rings. The summed E-state index contributed by atoms with van der Waals surface area (Å²) in [4.78, 5) is 29.2. The number of nitrogens with one attached hydrogen (secondary N) is 1. The summed E-state index contributed by atoms with van der Waals surface area (Å²) >= 11 is 0. The van der Waals surface area contributed by atoms with E-state index in [-0.39, 0.29) is 18.3 Å². The van der Waals surface area contributed by atoms with Crippen LogP contribution < -0.4 is 5.32 Å². The molecule has 1 fully saturated rings. The third kappa shape index (κ3) is 4.50. The van der Waals surface area contributed by atoms with Gasteiger partial charge in [-0.15, -0.1) is 0 Å². The van der Waals surface area contributed by atoms with Gasteiger partial charge in [0.15, 0.2) is 0 Å². The molecular formula is C22H28N2O5. The van der Waals surface area contributed by atoms with E-state index in [9.17, 15) is 14.7 Å². The third-order valence-corrected chi connectivity index (χ3v) is 5.84. The van der Waals surface area contributed by atoms with Gasteiger partial charge in [0.2, 0.25) is 0 Å². The fourth-order valence-electron chi connectivity index (χ4n) is 4.39. The van der Waals surface area contributed by atoms with Crippen LogP contribution in [0.4, 0.5) is 0 Å². The lowest BCUT2D eigenvalue weighted by Gasteiger charge is -2.30. The standard InChI is InChI=1S/C22H28N2O5/c1-13-18(21(25)26)20(16-9-6-10-23-11-16)19(14(2)24-13)22(27)29-12-17(28-3)15-7-4-5-8-15/h6,9-11,15,17,20,24H,4-5,7-8,12H2,1-3H3,(H,25,26). The van der Waals surface area contributed by atoms with Crippen molar-refractivity contribution in [2.24, 2.45) is 5.92 Å². The highest BCUT2D eigenvalue weighted by Crippen LogP contribution is 2.38. The monoisotopic (exact) mass is 400 g/mol. The van der Waals surface area contributed by atoms with Gasteiger partial charge in [-0.2, -0.15) is 0 Å². The van der Waals surface area contributed by atoms with Crippen molar-refractivity contribution in [2.75, 3.05) is 13.7 Å². The number of aromatic nitrogens is 1. The second-order valence-corrected chi connectivity index (χ2v) is 7.64. The van der Waals surface area contributed by atoms with Gasteiger partial charge in [-0.3, -0.25) is 4.98 Å². The van der Waals surface area contributed by atoms with Gasteiger partial charge in [0.05, 0.1) is 23.2 Å². The Balaban J connectivity index is 1.87. The van der Waals surface area contributed by atoms with Gasteiger partial charge in [0.1, 0.15) is 6.61 Å². The second-order valence-electron chi connectivity index (χ2n) is 7.64. The minimum absolute atomic E-state index is 0.120. The maximum absolute atomic E-state index is 13.1. The Hall–Kier alpha value is -2.67. The summed E-state index contributed by atoms with van der Waals surface area (Å²) in [6.45, 7) is 3.61.